The lowest BCUT2D eigenvalue weighted by Gasteiger charge is -2.34. The summed E-state index contributed by atoms with van der Waals surface area (Å²) >= 11 is 1.84. The average molecular weight is 337 g/mol. The van der Waals surface area contributed by atoms with Crippen molar-refractivity contribution in [1.29, 1.82) is 0 Å². The summed E-state index contributed by atoms with van der Waals surface area (Å²) in [5.41, 5.74) is 0. The van der Waals surface area contributed by atoms with Crippen LogP contribution in [0.5, 0.6) is 0 Å². The molecule has 2 fully saturated rings. The molecule has 2 aliphatic rings. The van der Waals surface area contributed by atoms with Gasteiger partial charge in [0.05, 0.1) is 12.6 Å². The molecule has 0 bridgehead atoms. The van der Waals surface area contributed by atoms with Gasteiger partial charge in [0.1, 0.15) is 0 Å². The highest BCUT2D eigenvalue weighted by Gasteiger charge is 2.20. The van der Waals surface area contributed by atoms with Crippen molar-refractivity contribution in [2.24, 2.45) is 0 Å². The van der Waals surface area contributed by atoms with Crippen LogP contribution in [0.3, 0.4) is 0 Å². The van der Waals surface area contributed by atoms with Gasteiger partial charge in [-0.05, 0) is 30.7 Å². The van der Waals surface area contributed by atoms with Crippen LogP contribution in [0.4, 0.5) is 0 Å². The summed E-state index contributed by atoms with van der Waals surface area (Å²) in [7, 11) is 0. The highest BCUT2D eigenvalue weighted by molar-refractivity contribution is 7.09. The van der Waals surface area contributed by atoms with Gasteiger partial charge < -0.3 is 15.0 Å². The van der Waals surface area contributed by atoms with E-state index in [0.717, 1.165) is 58.6 Å². The molecule has 0 saturated carbocycles. The van der Waals surface area contributed by atoms with E-state index < -0.39 is 0 Å². The van der Waals surface area contributed by atoms with Crippen LogP contribution in [-0.4, -0.2) is 74.2 Å². The molecule has 23 heavy (non-hydrogen) atoms. The molecule has 0 radical (unpaired) electrons. The summed E-state index contributed by atoms with van der Waals surface area (Å²) in [6, 6.07) is 4.33. The first-order valence-electron chi connectivity index (χ1n) is 8.65. The molecule has 128 valence electrons. The van der Waals surface area contributed by atoms with Crippen LogP contribution < -0.4 is 5.32 Å². The molecule has 1 amide bonds. The molecule has 3 rings (SSSR count). The van der Waals surface area contributed by atoms with E-state index in [1.165, 1.54) is 4.88 Å². The normalized spacial score (nSPS) is 23.2. The second-order valence-electron chi connectivity index (χ2n) is 6.39. The van der Waals surface area contributed by atoms with Crippen molar-refractivity contribution in [2.75, 3.05) is 52.4 Å². The fraction of sp³-hybridized carbons (Fsp3) is 0.706. The summed E-state index contributed by atoms with van der Waals surface area (Å²) in [6.07, 6.45) is 3.56. The minimum absolute atomic E-state index is 0.132. The van der Waals surface area contributed by atoms with E-state index in [2.05, 4.69) is 32.6 Å². The van der Waals surface area contributed by atoms with E-state index in [9.17, 15) is 4.79 Å². The fourth-order valence-corrected chi connectivity index (χ4v) is 3.88. The number of amides is 1. The molecule has 2 saturated heterocycles. The zero-order valence-electron chi connectivity index (χ0n) is 13.7. The van der Waals surface area contributed by atoms with E-state index in [-0.39, 0.29) is 12.0 Å². The number of ether oxygens (including phenoxy) is 1. The van der Waals surface area contributed by atoms with Crippen molar-refractivity contribution in [3.63, 3.8) is 0 Å². The Kier molecular flexibility index (Phi) is 6.45. The van der Waals surface area contributed by atoms with Crippen molar-refractivity contribution < 1.29 is 9.53 Å². The zero-order chi connectivity index (χ0) is 15.9. The van der Waals surface area contributed by atoms with E-state index in [1.54, 1.807) is 0 Å². The predicted molar refractivity (Wildman–Crippen MR) is 92.9 cm³/mol. The van der Waals surface area contributed by atoms with Gasteiger partial charge in [0.25, 0.3) is 0 Å². The van der Waals surface area contributed by atoms with E-state index in [1.807, 2.05) is 11.3 Å². The third-order valence-electron chi connectivity index (χ3n) is 4.64. The Bertz CT molecular complexity index is 466. The maximum Gasteiger partial charge on any atom is 0.234 e. The predicted octanol–water partition coefficient (Wildman–Crippen LogP) is 1.20. The Morgan fingerprint density at radius 2 is 2.13 bits per heavy atom. The van der Waals surface area contributed by atoms with Crippen LogP contribution in [0.2, 0.25) is 0 Å². The molecule has 5 nitrogen and oxygen atoms in total. The first kappa shape index (κ1) is 16.9. The number of hydrogen-bond donors (Lipinski definition) is 1. The number of nitrogens with zero attached hydrogens (tertiary/aromatic N) is 2. The monoisotopic (exact) mass is 337 g/mol. The molecule has 1 unspecified atom stereocenters. The largest absolute Gasteiger partial charge is 0.376 e. The van der Waals surface area contributed by atoms with Crippen molar-refractivity contribution in [2.45, 2.75) is 25.4 Å². The standard InChI is InChI=1S/C17H27N3O2S/c21-17(18-13-15-3-1-11-22-15)14-20-9-7-19(8-10-20)6-5-16-4-2-12-23-16/h2,4,12,15H,1,3,5-11,13-14H2,(H,18,21). The average Bonchev–Trinajstić information content (AvgIpc) is 3.26. The number of nitrogens with one attached hydrogen (secondary N) is 1. The third-order valence-corrected chi connectivity index (χ3v) is 5.57. The first-order chi connectivity index (χ1) is 11.3. The highest BCUT2D eigenvalue weighted by atomic mass is 32.1. The van der Waals surface area contributed by atoms with Gasteiger partial charge in [0.2, 0.25) is 5.91 Å². The number of thiophene rings is 1. The molecular formula is C17H27N3O2S. The number of carbonyl (C=O) groups is 1. The lowest BCUT2D eigenvalue weighted by Crippen LogP contribution is -2.50. The van der Waals surface area contributed by atoms with E-state index in [0.29, 0.717) is 13.1 Å². The molecular weight excluding hydrogens is 310 g/mol. The first-order valence-corrected chi connectivity index (χ1v) is 9.53. The number of piperazine rings is 1. The van der Waals surface area contributed by atoms with Crippen LogP contribution in [0.15, 0.2) is 17.5 Å². The molecule has 1 N–H and O–H groups in total. The Labute approximate surface area is 142 Å². The van der Waals surface area contributed by atoms with Crippen LogP contribution >= 0.6 is 11.3 Å². The molecule has 1 atom stereocenters. The summed E-state index contributed by atoms with van der Waals surface area (Å²) in [5, 5.41) is 5.15. The van der Waals surface area contributed by atoms with Crippen molar-refractivity contribution >= 4 is 17.2 Å². The summed E-state index contributed by atoms with van der Waals surface area (Å²) < 4.78 is 5.53. The van der Waals surface area contributed by atoms with Crippen molar-refractivity contribution in [3.05, 3.63) is 22.4 Å². The molecule has 1 aromatic heterocycles. The maximum absolute atomic E-state index is 12.0. The smallest absolute Gasteiger partial charge is 0.234 e. The van der Waals surface area contributed by atoms with Crippen molar-refractivity contribution in [3.8, 4) is 0 Å². The van der Waals surface area contributed by atoms with Gasteiger partial charge in [0, 0.05) is 50.8 Å². The molecule has 0 aliphatic carbocycles. The molecule has 3 heterocycles. The van der Waals surface area contributed by atoms with Crippen LogP contribution in [0.1, 0.15) is 17.7 Å². The number of rotatable bonds is 7. The number of hydrogen-bond acceptors (Lipinski definition) is 5. The molecule has 0 spiro atoms. The van der Waals surface area contributed by atoms with E-state index in [4.69, 9.17) is 4.74 Å². The molecule has 1 aromatic rings. The highest BCUT2D eigenvalue weighted by Crippen LogP contribution is 2.11. The minimum atomic E-state index is 0.132. The Morgan fingerprint density at radius 3 is 2.83 bits per heavy atom. The quantitative estimate of drug-likeness (QED) is 0.812. The molecule has 2 aliphatic heterocycles. The maximum atomic E-state index is 12.0. The molecule has 6 heteroatoms. The lowest BCUT2D eigenvalue weighted by atomic mass is 10.2. The summed E-state index contributed by atoms with van der Waals surface area (Å²) in [5.74, 6) is 0.132. The minimum Gasteiger partial charge on any atom is -0.376 e. The zero-order valence-corrected chi connectivity index (χ0v) is 14.5. The van der Waals surface area contributed by atoms with E-state index >= 15 is 0 Å². The second kappa shape index (κ2) is 8.78. The molecule has 0 aromatic carbocycles. The Hall–Kier alpha value is -0.950. The Balaban J connectivity index is 1.28. The topological polar surface area (TPSA) is 44.8 Å². The van der Waals surface area contributed by atoms with Crippen LogP contribution in [-0.2, 0) is 16.0 Å². The summed E-state index contributed by atoms with van der Waals surface area (Å²) in [4.78, 5) is 18.2. The van der Waals surface area contributed by atoms with Gasteiger partial charge in [-0.25, -0.2) is 0 Å². The van der Waals surface area contributed by atoms with Gasteiger partial charge in [-0.15, -0.1) is 11.3 Å². The summed E-state index contributed by atoms with van der Waals surface area (Å²) in [6.45, 7) is 7.24. The van der Waals surface area contributed by atoms with Gasteiger partial charge in [0.15, 0.2) is 0 Å². The van der Waals surface area contributed by atoms with Crippen molar-refractivity contribution in [1.82, 2.24) is 15.1 Å². The SMILES string of the molecule is O=C(CN1CCN(CCc2cccs2)CC1)NCC1CCCO1. The van der Waals surface area contributed by atoms with Gasteiger partial charge >= 0.3 is 0 Å². The van der Waals surface area contributed by atoms with Gasteiger partial charge in [-0.1, -0.05) is 6.07 Å². The van der Waals surface area contributed by atoms with Gasteiger partial charge in [-0.3, -0.25) is 9.69 Å². The number of carbonyl (C=O) groups excluding carboxylic acids is 1. The third kappa shape index (κ3) is 5.57. The van der Waals surface area contributed by atoms with Crippen LogP contribution in [0, 0.1) is 0 Å². The lowest BCUT2D eigenvalue weighted by molar-refractivity contribution is -0.123. The fourth-order valence-electron chi connectivity index (χ4n) is 3.19. The van der Waals surface area contributed by atoms with Crippen LogP contribution in [0.25, 0.3) is 0 Å². The second-order valence-corrected chi connectivity index (χ2v) is 7.42. The Morgan fingerprint density at radius 1 is 1.30 bits per heavy atom. The van der Waals surface area contributed by atoms with Gasteiger partial charge in [-0.2, -0.15) is 0 Å².